The molecular formula is C29H40F2O7. The first-order valence-corrected chi connectivity index (χ1v) is 13.2. The molecule has 1 saturated carbocycles. The molecule has 1 aromatic rings. The van der Waals surface area contributed by atoms with Gasteiger partial charge in [-0.1, -0.05) is 57.9 Å². The zero-order chi connectivity index (χ0) is 28.1. The van der Waals surface area contributed by atoms with E-state index in [9.17, 15) is 18.4 Å². The Morgan fingerprint density at radius 1 is 0.947 bits per heavy atom. The number of hydrogen-bond acceptors (Lipinski definition) is 7. The van der Waals surface area contributed by atoms with Crippen LogP contribution in [0.3, 0.4) is 0 Å². The van der Waals surface area contributed by atoms with Gasteiger partial charge in [-0.05, 0) is 49.3 Å². The number of hydrogen-bond donors (Lipinski definition) is 2. The SMILES string of the molecule is C=C(CO)C(=O)OCC(COC(=O)C(=C)CO)c1ccc(OC(F)(F)C2CCC(CCCCC)CC2)cc1. The second kappa shape index (κ2) is 15.6. The summed E-state index contributed by atoms with van der Waals surface area (Å²) in [7, 11) is 0. The molecule has 0 atom stereocenters. The molecule has 2 rings (SSSR count). The van der Waals surface area contributed by atoms with E-state index in [-0.39, 0.29) is 30.1 Å². The van der Waals surface area contributed by atoms with Crippen molar-refractivity contribution >= 4 is 11.9 Å². The average Bonchev–Trinajstić information content (AvgIpc) is 2.92. The first kappa shape index (κ1) is 31.4. The van der Waals surface area contributed by atoms with Gasteiger partial charge in [0.1, 0.15) is 19.0 Å². The van der Waals surface area contributed by atoms with Crippen LogP contribution in [0.1, 0.15) is 69.8 Å². The van der Waals surface area contributed by atoms with Crippen molar-refractivity contribution < 1.29 is 42.8 Å². The van der Waals surface area contributed by atoms with Gasteiger partial charge >= 0.3 is 18.0 Å². The van der Waals surface area contributed by atoms with Gasteiger partial charge in [-0.3, -0.25) is 0 Å². The highest BCUT2D eigenvalue weighted by Gasteiger charge is 2.43. The highest BCUT2D eigenvalue weighted by Crippen LogP contribution is 2.41. The third kappa shape index (κ3) is 9.83. The van der Waals surface area contributed by atoms with Gasteiger partial charge in [0.25, 0.3) is 0 Å². The molecule has 7 nitrogen and oxygen atoms in total. The fraction of sp³-hybridized carbons (Fsp3) is 0.586. The van der Waals surface area contributed by atoms with Crippen LogP contribution in [0.5, 0.6) is 5.75 Å². The summed E-state index contributed by atoms with van der Waals surface area (Å²) >= 11 is 0. The van der Waals surface area contributed by atoms with E-state index >= 15 is 0 Å². The Labute approximate surface area is 223 Å². The molecule has 0 spiro atoms. The van der Waals surface area contributed by atoms with Crippen LogP contribution < -0.4 is 4.74 Å². The normalized spacial score (nSPS) is 17.6. The zero-order valence-corrected chi connectivity index (χ0v) is 22.1. The quantitative estimate of drug-likeness (QED) is 0.167. The lowest BCUT2D eigenvalue weighted by molar-refractivity contribution is -0.223. The lowest BCUT2D eigenvalue weighted by Gasteiger charge is -2.33. The monoisotopic (exact) mass is 538 g/mol. The van der Waals surface area contributed by atoms with Crippen molar-refractivity contribution in [1.82, 2.24) is 0 Å². The number of alkyl halides is 2. The van der Waals surface area contributed by atoms with Gasteiger partial charge in [-0.15, -0.1) is 0 Å². The summed E-state index contributed by atoms with van der Waals surface area (Å²) in [5, 5.41) is 18.1. The van der Waals surface area contributed by atoms with E-state index in [0.29, 0.717) is 24.3 Å². The Hall–Kier alpha value is -2.78. The maximum atomic E-state index is 14.9. The Morgan fingerprint density at radius 3 is 1.95 bits per heavy atom. The van der Waals surface area contributed by atoms with Crippen LogP contribution in [0.25, 0.3) is 0 Å². The highest BCUT2D eigenvalue weighted by atomic mass is 19.3. The van der Waals surface area contributed by atoms with Crippen molar-refractivity contribution in [2.45, 2.75) is 70.3 Å². The molecular weight excluding hydrogens is 498 g/mol. The molecule has 1 aromatic carbocycles. The molecule has 0 heterocycles. The number of halogens is 2. The fourth-order valence-corrected chi connectivity index (χ4v) is 4.45. The molecule has 1 aliphatic rings. The molecule has 0 aliphatic heterocycles. The summed E-state index contributed by atoms with van der Waals surface area (Å²) < 4.78 is 45.3. The topological polar surface area (TPSA) is 102 Å². The molecule has 1 fully saturated rings. The van der Waals surface area contributed by atoms with E-state index in [0.717, 1.165) is 32.1 Å². The summed E-state index contributed by atoms with van der Waals surface area (Å²) in [5.41, 5.74) is 0.254. The molecule has 0 amide bonds. The van der Waals surface area contributed by atoms with Crippen LogP contribution in [-0.2, 0) is 19.1 Å². The van der Waals surface area contributed by atoms with Crippen molar-refractivity contribution in [3.63, 3.8) is 0 Å². The average molecular weight is 539 g/mol. The molecule has 1 aliphatic carbocycles. The maximum absolute atomic E-state index is 14.9. The van der Waals surface area contributed by atoms with Crippen LogP contribution in [-0.4, -0.2) is 54.7 Å². The Bertz CT molecular complexity index is 889. The lowest BCUT2D eigenvalue weighted by atomic mass is 9.79. The minimum Gasteiger partial charge on any atom is -0.461 e. The van der Waals surface area contributed by atoms with E-state index < -0.39 is 43.1 Å². The van der Waals surface area contributed by atoms with Crippen molar-refractivity contribution in [3.8, 4) is 5.75 Å². The molecule has 9 heteroatoms. The van der Waals surface area contributed by atoms with Gasteiger partial charge in [0, 0.05) is 0 Å². The van der Waals surface area contributed by atoms with Gasteiger partial charge in [-0.2, -0.15) is 8.78 Å². The predicted molar refractivity (Wildman–Crippen MR) is 139 cm³/mol. The number of ether oxygens (including phenoxy) is 3. The van der Waals surface area contributed by atoms with E-state index in [1.165, 1.54) is 30.7 Å². The molecule has 0 saturated heterocycles. The van der Waals surface area contributed by atoms with E-state index in [2.05, 4.69) is 20.1 Å². The second-order valence-corrected chi connectivity index (χ2v) is 9.86. The van der Waals surface area contributed by atoms with Gasteiger partial charge < -0.3 is 24.4 Å². The smallest absolute Gasteiger partial charge is 0.400 e. The van der Waals surface area contributed by atoms with Crippen molar-refractivity contribution in [2.24, 2.45) is 11.8 Å². The molecule has 0 bridgehead atoms. The lowest BCUT2D eigenvalue weighted by Crippen LogP contribution is -2.37. The third-order valence-corrected chi connectivity index (χ3v) is 6.93. The standard InChI is InChI=1S/C29H40F2O7/c1-4-5-6-7-22-8-12-25(13-9-22)29(30,31)38-26-14-10-23(11-15-26)24(18-36-27(34)20(2)16-32)19-37-28(35)21(3)17-33/h10-11,14-15,22,24-25,32-33H,2-9,12-13,16-19H2,1H3. The largest absolute Gasteiger partial charge is 0.461 e. The summed E-state index contributed by atoms with van der Waals surface area (Å²) in [4.78, 5) is 23.8. The van der Waals surface area contributed by atoms with E-state index in [1.54, 1.807) is 0 Å². The number of benzene rings is 1. The van der Waals surface area contributed by atoms with Gasteiger partial charge in [-0.25, -0.2) is 9.59 Å². The molecule has 2 N–H and O–H groups in total. The van der Waals surface area contributed by atoms with Gasteiger partial charge in [0.05, 0.1) is 36.2 Å². The van der Waals surface area contributed by atoms with Gasteiger partial charge in [0.15, 0.2) is 0 Å². The van der Waals surface area contributed by atoms with E-state index in [1.807, 2.05) is 0 Å². The zero-order valence-electron chi connectivity index (χ0n) is 22.1. The van der Waals surface area contributed by atoms with Crippen molar-refractivity contribution in [2.75, 3.05) is 26.4 Å². The third-order valence-electron chi connectivity index (χ3n) is 6.93. The van der Waals surface area contributed by atoms with Crippen LogP contribution in [0.2, 0.25) is 0 Å². The molecule has 0 radical (unpaired) electrons. The molecule has 0 aromatic heterocycles. The summed E-state index contributed by atoms with van der Waals surface area (Å²) in [6.45, 7) is 7.35. The summed E-state index contributed by atoms with van der Waals surface area (Å²) in [5.74, 6) is -2.61. The number of aliphatic hydroxyl groups is 2. The Morgan fingerprint density at radius 2 is 1.47 bits per heavy atom. The Kier molecular flexibility index (Phi) is 12.9. The summed E-state index contributed by atoms with van der Waals surface area (Å²) in [6.07, 6.45) is 3.72. The number of esters is 2. The number of unbranched alkanes of at least 4 members (excludes halogenated alkanes) is 2. The van der Waals surface area contributed by atoms with Crippen LogP contribution in [0, 0.1) is 11.8 Å². The number of rotatable bonds is 16. The fourth-order valence-electron chi connectivity index (χ4n) is 4.45. The highest BCUT2D eigenvalue weighted by molar-refractivity contribution is 5.88. The molecule has 38 heavy (non-hydrogen) atoms. The minimum atomic E-state index is -3.30. The maximum Gasteiger partial charge on any atom is 0.400 e. The summed E-state index contributed by atoms with van der Waals surface area (Å²) in [6, 6.07) is 5.86. The Balaban J connectivity index is 2.01. The van der Waals surface area contributed by atoms with Gasteiger partial charge in [0.2, 0.25) is 0 Å². The second-order valence-electron chi connectivity index (χ2n) is 9.86. The van der Waals surface area contributed by atoms with Crippen LogP contribution in [0.15, 0.2) is 48.6 Å². The first-order chi connectivity index (χ1) is 18.1. The van der Waals surface area contributed by atoms with Crippen molar-refractivity contribution in [3.05, 3.63) is 54.1 Å². The van der Waals surface area contributed by atoms with Crippen LogP contribution >= 0.6 is 0 Å². The number of carbonyl (C=O) groups is 2. The molecule has 212 valence electrons. The number of carbonyl (C=O) groups excluding carboxylic acids is 2. The first-order valence-electron chi connectivity index (χ1n) is 13.2. The minimum absolute atomic E-state index is 0.00104. The van der Waals surface area contributed by atoms with Crippen LogP contribution in [0.4, 0.5) is 8.78 Å². The number of aliphatic hydroxyl groups excluding tert-OH is 2. The molecule has 0 unspecified atom stereocenters. The predicted octanol–water partition coefficient (Wildman–Crippen LogP) is 5.31. The van der Waals surface area contributed by atoms with E-state index in [4.69, 9.17) is 24.4 Å². The van der Waals surface area contributed by atoms with Crippen molar-refractivity contribution in [1.29, 1.82) is 0 Å².